The van der Waals surface area contributed by atoms with Gasteiger partial charge in [-0.3, -0.25) is 4.90 Å². The lowest BCUT2D eigenvalue weighted by atomic mass is 9.81. The molecule has 1 fully saturated rings. The minimum absolute atomic E-state index is 0.0103. The lowest BCUT2D eigenvalue weighted by molar-refractivity contribution is -0.139. The number of hydrogen-bond donors (Lipinski definition) is 2. The van der Waals surface area contributed by atoms with Gasteiger partial charge >= 0.3 is 18.0 Å². The number of anilines is 2. The van der Waals surface area contributed by atoms with Gasteiger partial charge in [-0.2, -0.15) is 5.26 Å². The molecule has 2 aromatic rings. The molecule has 0 saturated carbocycles. The molecule has 0 aliphatic carbocycles. The monoisotopic (exact) mass is 619 g/mol. The van der Waals surface area contributed by atoms with Crippen molar-refractivity contribution in [3.8, 4) is 6.07 Å². The van der Waals surface area contributed by atoms with Crippen LogP contribution in [0.1, 0.15) is 45.1 Å². The SMILES string of the molecule is COC(=O)C1=C(C(=O)OC)N(c2cccc(F)c2NCC2CCN(C(=O)OC(C)(C)C)CC2)C(N)=C(C#N)C1c1ccccc1. The van der Waals surface area contributed by atoms with Crippen LogP contribution in [-0.2, 0) is 23.8 Å². The van der Waals surface area contributed by atoms with E-state index in [-0.39, 0.29) is 46.1 Å². The first-order chi connectivity index (χ1) is 21.4. The lowest BCUT2D eigenvalue weighted by Crippen LogP contribution is -2.43. The quantitative estimate of drug-likeness (QED) is 0.328. The molecule has 0 radical (unpaired) electrons. The van der Waals surface area contributed by atoms with E-state index in [2.05, 4.69) is 11.4 Å². The van der Waals surface area contributed by atoms with Crippen molar-refractivity contribution in [2.24, 2.45) is 11.7 Å². The first-order valence-corrected chi connectivity index (χ1v) is 14.6. The summed E-state index contributed by atoms with van der Waals surface area (Å²) in [7, 11) is 2.31. The zero-order valence-corrected chi connectivity index (χ0v) is 26.1. The molecular formula is C33H38FN5O6. The number of amides is 1. The van der Waals surface area contributed by atoms with Crippen LogP contribution in [0.4, 0.5) is 20.6 Å². The minimum atomic E-state index is -1.05. The molecule has 45 heavy (non-hydrogen) atoms. The average Bonchev–Trinajstić information content (AvgIpc) is 3.02. The molecule has 3 N–H and O–H groups in total. The molecule has 2 aromatic carbocycles. The van der Waals surface area contributed by atoms with Gasteiger partial charge < -0.3 is 30.2 Å². The van der Waals surface area contributed by atoms with Crippen molar-refractivity contribution in [1.29, 1.82) is 5.26 Å². The smallest absolute Gasteiger partial charge is 0.410 e. The number of carbonyl (C=O) groups is 3. The van der Waals surface area contributed by atoms with Gasteiger partial charge in [-0.25, -0.2) is 18.8 Å². The van der Waals surface area contributed by atoms with Crippen LogP contribution in [0.3, 0.4) is 0 Å². The molecule has 1 unspecified atom stereocenters. The number of ether oxygens (including phenoxy) is 3. The molecule has 2 heterocycles. The van der Waals surface area contributed by atoms with E-state index in [0.29, 0.717) is 38.0 Å². The number of benzene rings is 2. The molecule has 238 valence electrons. The number of nitrogens with zero attached hydrogens (tertiary/aromatic N) is 3. The molecule has 0 bridgehead atoms. The second kappa shape index (κ2) is 13.7. The highest BCUT2D eigenvalue weighted by molar-refractivity contribution is 6.07. The zero-order chi connectivity index (χ0) is 32.9. The van der Waals surface area contributed by atoms with Crippen LogP contribution in [-0.4, -0.2) is 62.4 Å². The number of para-hydroxylation sites is 1. The highest BCUT2D eigenvalue weighted by Gasteiger charge is 2.43. The third-order valence-corrected chi connectivity index (χ3v) is 7.68. The van der Waals surface area contributed by atoms with Crippen LogP contribution in [0.25, 0.3) is 0 Å². The van der Waals surface area contributed by atoms with E-state index in [9.17, 15) is 19.6 Å². The Balaban J connectivity index is 1.72. The van der Waals surface area contributed by atoms with E-state index in [1.807, 2.05) is 20.8 Å². The maximum Gasteiger partial charge on any atom is 0.410 e. The van der Waals surface area contributed by atoms with Crippen molar-refractivity contribution in [3.63, 3.8) is 0 Å². The number of allylic oxidation sites excluding steroid dienone is 1. The summed E-state index contributed by atoms with van der Waals surface area (Å²) in [5, 5.41) is 13.5. The lowest BCUT2D eigenvalue weighted by Gasteiger charge is -2.37. The molecule has 0 spiro atoms. The summed E-state index contributed by atoms with van der Waals surface area (Å²) in [5.74, 6) is -3.58. The Bertz CT molecular complexity index is 1550. The van der Waals surface area contributed by atoms with E-state index in [4.69, 9.17) is 19.9 Å². The summed E-state index contributed by atoms with van der Waals surface area (Å²) in [4.78, 5) is 42.1. The number of rotatable bonds is 7. The van der Waals surface area contributed by atoms with Gasteiger partial charge in [-0.1, -0.05) is 36.4 Å². The van der Waals surface area contributed by atoms with Crippen LogP contribution in [0.15, 0.2) is 71.2 Å². The summed E-state index contributed by atoms with van der Waals surface area (Å²) < 4.78 is 31.2. The van der Waals surface area contributed by atoms with Gasteiger partial charge in [-0.15, -0.1) is 0 Å². The Hall–Kier alpha value is -5.05. The Labute approximate surface area is 262 Å². The summed E-state index contributed by atoms with van der Waals surface area (Å²) in [5.41, 5.74) is 6.15. The van der Waals surface area contributed by atoms with E-state index >= 15 is 4.39 Å². The number of piperidine rings is 1. The highest BCUT2D eigenvalue weighted by Crippen LogP contribution is 2.45. The molecule has 12 heteroatoms. The van der Waals surface area contributed by atoms with Gasteiger partial charge in [0, 0.05) is 19.6 Å². The van der Waals surface area contributed by atoms with E-state index in [1.165, 1.54) is 23.1 Å². The van der Waals surface area contributed by atoms with E-state index < -0.39 is 29.3 Å². The maximum atomic E-state index is 15.6. The fourth-order valence-electron chi connectivity index (χ4n) is 5.53. The predicted octanol–water partition coefficient (Wildman–Crippen LogP) is 4.78. The molecule has 2 aliphatic rings. The zero-order valence-electron chi connectivity index (χ0n) is 26.1. The van der Waals surface area contributed by atoms with Gasteiger partial charge in [0.2, 0.25) is 0 Å². The van der Waals surface area contributed by atoms with Crippen LogP contribution in [0.2, 0.25) is 0 Å². The van der Waals surface area contributed by atoms with Gasteiger partial charge in [0.15, 0.2) is 0 Å². The van der Waals surface area contributed by atoms with Gasteiger partial charge in [0.05, 0.1) is 48.7 Å². The highest BCUT2D eigenvalue weighted by atomic mass is 19.1. The summed E-state index contributed by atoms with van der Waals surface area (Å²) in [6, 6.07) is 14.9. The molecule has 4 rings (SSSR count). The van der Waals surface area contributed by atoms with Gasteiger partial charge in [0.1, 0.15) is 22.9 Å². The molecule has 0 aromatic heterocycles. The summed E-state index contributed by atoms with van der Waals surface area (Å²) in [6.45, 7) is 6.75. The summed E-state index contributed by atoms with van der Waals surface area (Å²) >= 11 is 0. The van der Waals surface area contributed by atoms with E-state index in [1.54, 1.807) is 35.2 Å². The van der Waals surface area contributed by atoms with Crippen molar-refractivity contribution in [2.75, 3.05) is 44.1 Å². The Morgan fingerprint density at radius 2 is 1.67 bits per heavy atom. The Morgan fingerprint density at radius 1 is 1.02 bits per heavy atom. The van der Waals surface area contributed by atoms with Crippen molar-refractivity contribution in [1.82, 2.24) is 4.90 Å². The summed E-state index contributed by atoms with van der Waals surface area (Å²) in [6.07, 6.45) is 0.931. The largest absolute Gasteiger partial charge is 0.466 e. The Morgan fingerprint density at radius 3 is 2.24 bits per heavy atom. The normalized spacial score (nSPS) is 17.5. The number of likely N-dealkylation sites (tertiary alicyclic amines) is 1. The fourth-order valence-corrected chi connectivity index (χ4v) is 5.53. The standard InChI is InChI=1S/C33H38FN5O6/c1-33(2,3)45-32(42)38-16-14-20(15-17-38)19-37-27-23(34)12-9-13-24(27)39-28(31(41)44-5)26(30(40)43-4)25(22(18-35)29(39)36)21-10-7-6-8-11-21/h6-13,20,25,37H,14-17,19,36H2,1-5H3. The number of esters is 2. The van der Waals surface area contributed by atoms with Crippen molar-refractivity contribution < 1.29 is 33.0 Å². The molecule has 2 aliphatic heterocycles. The van der Waals surface area contributed by atoms with Crippen molar-refractivity contribution in [3.05, 3.63) is 82.6 Å². The molecule has 1 saturated heterocycles. The first kappa shape index (κ1) is 32.9. The van der Waals surface area contributed by atoms with Crippen LogP contribution in [0, 0.1) is 23.1 Å². The minimum Gasteiger partial charge on any atom is -0.466 e. The van der Waals surface area contributed by atoms with Crippen LogP contribution >= 0.6 is 0 Å². The second-order valence-electron chi connectivity index (χ2n) is 11.8. The first-order valence-electron chi connectivity index (χ1n) is 14.6. The van der Waals surface area contributed by atoms with Crippen molar-refractivity contribution in [2.45, 2.75) is 45.1 Å². The number of hydrogen-bond acceptors (Lipinski definition) is 10. The Kier molecular flexibility index (Phi) is 10.0. The third kappa shape index (κ3) is 7.03. The number of nitrogens with two attached hydrogens (primary N) is 1. The molecular weight excluding hydrogens is 581 g/mol. The number of nitriles is 1. The number of methoxy groups -OCH3 is 2. The van der Waals surface area contributed by atoms with Crippen molar-refractivity contribution >= 4 is 29.4 Å². The molecule has 11 nitrogen and oxygen atoms in total. The fraction of sp³-hybridized carbons (Fsp3) is 0.394. The topological polar surface area (TPSA) is 147 Å². The van der Waals surface area contributed by atoms with Crippen LogP contribution in [0.5, 0.6) is 0 Å². The second-order valence-corrected chi connectivity index (χ2v) is 11.8. The van der Waals surface area contributed by atoms with E-state index in [0.717, 1.165) is 14.2 Å². The maximum absolute atomic E-state index is 15.6. The number of carbonyl (C=O) groups excluding carboxylic acids is 3. The predicted molar refractivity (Wildman–Crippen MR) is 165 cm³/mol. The number of halogens is 1. The van der Waals surface area contributed by atoms with Gasteiger partial charge in [-0.05, 0) is 57.2 Å². The molecule has 1 amide bonds. The molecule has 1 atom stereocenters. The number of nitrogens with one attached hydrogen (secondary N) is 1. The average molecular weight is 620 g/mol. The third-order valence-electron chi connectivity index (χ3n) is 7.68. The van der Waals surface area contributed by atoms with Crippen LogP contribution < -0.4 is 16.0 Å². The van der Waals surface area contributed by atoms with Gasteiger partial charge in [0.25, 0.3) is 0 Å².